The number of allylic oxidation sites excluding steroid dienone is 3. The second kappa shape index (κ2) is 15.9. The SMILES string of the molecule is C=C(CC1CCC(F)(F)CC1)NCC(=O)NCCN(C/C=C1CC(C)N=CCCC\C=C/1F)CCC. The number of aliphatic imine (C=N–C) groups is 1. The third-order valence-electron chi connectivity index (χ3n) is 6.80. The molecule has 2 aliphatic rings. The highest BCUT2D eigenvalue weighted by Crippen LogP contribution is 2.38. The molecule has 1 atom stereocenters. The predicted octanol–water partition coefficient (Wildman–Crippen LogP) is 5.95. The van der Waals surface area contributed by atoms with E-state index in [4.69, 9.17) is 0 Å². The summed E-state index contributed by atoms with van der Waals surface area (Å²) in [5, 5.41) is 5.95. The van der Waals surface area contributed by atoms with Crippen LogP contribution in [-0.2, 0) is 4.79 Å². The van der Waals surface area contributed by atoms with E-state index in [1.807, 2.05) is 19.2 Å². The second-order valence-electron chi connectivity index (χ2n) is 10.2. The molecular formula is C28H45F3N4O. The molecule has 5 nitrogen and oxygen atoms in total. The fourth-order valence-electron chi connectivity index (χ4n) is 4.67. The first-order valence-corrected chi connectivity index (χ1v) is 13.5. The highest BCUT2D eigenvalue weighted by atomic mass is 19.3. The molecule has 0 aromatic heterocycles. The van der Waals surface area contributed by atoms with Crippen molar-refractivity contribution in [3.8, 4) is 0 Å². The summed E-state index contributed by atoms with van der Waals surface area (Å²) in [6.07, 6.45) is 11.1. The number of amides is 1. The predicted molar refractivity (Wildman–Crippen MR) is 142 cm³/mol. The lowest BCUT2D eigenvalue weighted by molar-refractivity contribution is -0.120. The zero-order chi connectivity index (χ0) is 26.4. The fraction of sp³-hybridized carbons (Fsp3) is 0.714. The average molecular weight is 511 g/mol. The lowest BCUT2D eigenvalue weighted by atomic mass is 9.84. The van der Waals surface area contributed by atoms with Gasteiger partial charge in [0.2, 0.25) is 11.8 Å². The van der Waals surface area contributed by atoms with Gasteiger partial charge in [0.1, 0.15) is 5.83 Å². The standard InChI is InChI=1S/C28H45F3N4O/c1-4-16-35(17-11-25-20-23(3)32-14-7-5-6-8-26(25)29)18-15-33-27(36)21-34-22(2)19-24-9-12-28(30,31)13-10-24/h8,11,14,23-24,34H,2,4-7,9-10,12-13,15-21H2,1,3H3,(H,33,36)/b25-11-,26-8+,32-14?. The van der Waals surface area contributed by atoms with Gasteiger partial charge in [0, 0.05) is 38.2 Å². The van der Waals surface area contributed by atoms with Crippen LogP contribution in [0.15, 0.2) is 40.8 Å². The first-order chi connectivity index (χ1) is 17.2. The summed E-state index contributed by atoms with van der Waals surface area (Å²) in [4.78, 5) is 19.0. The topological polar surface area (TPSA) is 56.7 Å². The van der Waals surface area contributed by atoms with Gasteiger partial charge in [-0.3, -0.25) is 14.7 Å². The van der Waals surface area contributed by atoms with E-state index < -0.39 is 5.92 Å². The van der Waals surface area contributed by atoms with Gasteiger partial charge < -0.3 is 10.6 Å². The third-order valence-corrected chi connectivity index (χ3v) is 6.80. The highest BCUT2D eigenvalue weighted by molar-refractivity contribution is 5.78. The fourth-order valence-corrected chi connectivity index (χ4v) is 4.67. The zero-order valence-corrected chi connectivity index (χ0v) is 22.1. The lowest BCUT2D eigenvalue weighted by Gasteiger charge is -2.28. The molecule has 1 aliphatic heterocycles. The van der Waals surface area contributed by atoms with E-state index in [9.17, 15) is 18.0 Å². The number of alkyl halides is 2. The number of carbonyl (C=O) groups excluding carboxylic acids is 1. The number of rotatable bonds is 12. The van der Waals surface area contributed by atoms with Crippen molar-refractivity contribution in [3.05, 3.63) is 35.8 Å². The van der Waals surface area contributed by atoms with E-state index in [1.54, 1.807) is 6.08 Å². The van der Waals surface area contributed by atoms with Crippen LogP contribution in [0.4, 0.5) is 13.2 Å². The molecule has 0 bridgehead atoms. The van der Waals surface area contributed by atoms with Gasteiger partial charge in [0.05, 0.1) is 12.6 Å². The van der Waals surface area contributed by atoms with Crippen molar-refractivity contribution >= 4 is 12.1 Å². The van der Waals surface area contributed by atoms with Gasteiger partial charge in [-0.25, -0.2) is 13.2 Å². The smallest absolute Gasteiger partial charge is 0.248 e. The van der Waals surface area contributed by atoms with Gasteiger partial charge >= 0.3 is 0 Å². The van der Waals surface area contributed by atoms with Gasteiger partial charge in [0.25, 0.3) is 0 Å². The van der Waals surface area contributed by atoms with Crippen molar-refractivity contribution in [1.82, 2.24) is 15.5 Å². The Balaban J connectivity index is 1.73. The Labute approximate surface area is 215 Å². The number of halogens is 3. The number of nitrogens with one attached hydrogen (secondary N) is 2. The van der Waals surface area contributed by atoms with Gasteiger partial charge in [-0.15, -0.1) is 0 Å². The van der Waals surface area contributed by atoms with Crippen LogP contribution in [0.5, 0.6) is 0 Å². The molecule has 1 unspecified atom stereocenters. The van der Waals surface area contributed by atoms with Crippen molar-refractivity contribution in [2.75, 3.05) is 32.7 Å². The molecule has 0 saturated heterocycles. The molecule has 0 aromatic carbocycles. The summed E-state index contributed by atoms with van der Waals surface area (Å²) < 4.78 is 41.3. The first kappa shape index (κ1) is 30.1. The molecule has 0 aromatic rings. The van der Waals surface area contributed by atoms with E-state index in [0.29, 0.717) is 57.3 Å². The van der Waals surface area contributed by atoms with Gasteiger partial charge in [-0.2, -0.15) is 0 Å². The van der Waals surface area contributed by atoms with Crippen LogP contribution >= 0.6 is 0 Å². The monoisotopic (exact) mass is 510 g/mol. The average Bonchev–Trinajstić information content (AvgIpc) is 2.83. The molecule has 0 radical (unpaired) electrons. The maximum absolute atomic E-state index is 14.7. The normalized spacial score (nSPS) is 23.8. The van der Waals surface area contributed by atoms with Crippen LogP contribution < -0.4 is 10.6 Å². The van der Waals surface area contributed by atoms with E-state index in [0.717, 1.165) is 31.5 Å². The van der Waals surface area contributed by atoms with E-state index in [-0.39, 0.29) is 43.1 Å². The summed E-state index contributed by atoms with van der Waals surface area (Å²) in [5.41, 5.74) is 1.43. The number of carbonyl (C=O) groups is 1. The summed E-state index contributed by atoms with van der Waals surface area (Å²) >= 11 is 0. The summed E-state index contributed by atoms with van der Waals surface area (Å²) in [6.45, 7) is 10.8. The maximum atomic E-state index is 14.7. The van der Waals surface area contributed by atoms with Gasteiger partial charge in [0.15, 0.2) is 0 Å². The second-order valence-corrected chi connectivity index (χ2v) is 10.2. The Morgan fingerprint density at radius 3 is 2.72 bits per heavy atom. The van der Waals surface area contributed by atoms with Crippen LogP contribution in [0.25, 0.3) is 0 Å². The third kappa shape index (κ3) is 12.2. The summed E-state index contributed by atoms with van der Waals surface area (Å²) in [6, 6.07) is 0.0497. The van der Waals surface area contributed by atoms with Crippen molar-refractivity contribution in [3.63, 3.8) is 0 Å². The van der Waals surface area contributed by atoms with Crippen LogP contribution in [0.2, 0.25) is 0 Å². The van der Waals surface area contributed by atoms with Crippen LogP contribution in [0.1, 0.15) is 78.1 Å². The Morgan fingerprint density at radius 2 is 2.00 bits per heavy atom. The zero-order valence-electron chi connectivity index (χ0n) is 22.1. The van der Waals surface area contributed by atoms with Crippen molar-refractivity contribution in [1.29, 1.82) is 0 Å². The van der Waals surface area contributed by atoms with Crippen LogP contribution in [-0.4, -0.2) is 61.7 Å². The van der Waals surface area contributed by atoms with Crippen LogP contribution in [0, 0.1) is 5.92 Å². The first-order valence-electron chi connectivity index (χ1n) is 13.5. The molecule has 1 amide bonds. The molecule has 1 saturated carbocycles. The summed E-state index contributed by atoms with van der Waals surface area (Å²) in [7, 11) is 0. The highest BCUT2D eigenvalue weighted by Gasteiger charge is 2.34. The molecule has 8 heteroatoms. The minimum absolute atomic E-state index is 0.0497. The minimum atomic E-state index is -2.53. The molecule has 1 heterocycles. The van der Waals surface area contributed by atoms with E-state index in [1.165, 1.54) is 0 Å². The number of nitrogens with zero attached hydrogens (tertiary/aromatic N) is 2. The van der Waals surface area contributed by atoms with Crippen molar-refractivity contribution < 1.29 is 18.0 Å². The Kier molecular flexibility index (Phi) is 13.3. The maximum Gasteiger partial charge on any atom is 0.248 e. The molecule has 1 aliphatic carbocycles. The van der Waals surface area contributed by atoms with Crippen LogP contribution in [0.3, 0.4) is 0 Å². The van der Waals surface area contributed by atoms with E-state index in [2.05, 4.69) is 34.0 Å². The Bertz CT molecular complexity index is 784. The van der Waals surface area contributed by atoms with E-state index >= 15 is 0 Å². The molecule has 204 valence electrons. The quantitative estimate of drug-likeness (QED) is 0.341. The molecule has 36 heavy (non-hydrogen) atoms. The molecular weight excluding hydrogens is 465 g/mol. The number of hydrogen-bond donors (Lipinski definition) is 2. The lowest BCUT2D eigenvalue weighted by Crippen LogP contribution is -2.39. The van der Waals surface area contributed by atoms with Gasteiger partial charge in [-0.1, -0.05) is 19.6 Å². The largest absolute Gasteiger partial charge is 0.380 e. The van der Waals surface area contributed by atoms with Gasteiger partial charge in [-0.05, 0) is 88.6 Å². The summed E-state index contributed by atoms with van der Waals surface area (Å²) in [5.74, 6) is -2.60. The number of hydrogen-bond acceptors (Lipinski definition) is 4. The Morgan fingerprint density at radius 1 is 1.25 bits per heavy atom. The Hall–Kier alpha value is -2.09. The molecule has 1 fully saturated rings. The molecule has 0 spiro atoms. The van der Waals surface area contributed by atoms with Crippen molar-refractivity contribution in [2.24, 2.45) is 10.9 Å². The molecule has 2 rings (SSSR count). The molecule has 2 N–H and O–H groups in total. The van der Waals surface area contributed by atoms with Crippen molar-refractivity contribution in [2.45, 2.75) is 90.0 Å². The minimum Gasteiger partial charge on any atom is -0.380 e.